The maximum atomic E-state index is 5.39. The van der Waals surface area contributed by atoms with Crippen molar-refractivity contribution in [3.63, 3.8) is 0 Å². The van der Waals surface area contributed by atoms with Crippen LogP contribution < -0.4 is 14.8 Å². The molecule has 0 unspecified atom stereocenters. The van der Waals surface area contributed by atoms with Crippen LogP contribution in [-0.2, 0) is 13.0 Å². The molecule has 3 heterocycles. The van der Waals surface area contributed by atoms with Gasteiger partial charge in [-0.1, -0.05) is 6.92 Å². The Balaban J connectivity index is 1.50. The molecule has 0 saturated heterocycles. The number of hydrogen-bond donors (Lipinski definition) is 1. The average molecular weight is 312 g/mol. The lowest BCUT2D eigenvalue weighted by atomic mass is 10.1. The van der Waals surface area contributed by atoms with Crippen LogP contribution >= 0.6 is 0 Å². The van der Waals surface area contributed by atoms with Crippen LogP contribution in [0.15, 0.2) is 24.4 Å². The highest BCUT2D eigenvalue weighted by Gasteiger charge is 2.18. The van der Waals surface area contributed by atoms with E-state index in [9.17, 15) is 0 Å². The fraction of sp³-hybridized carbons (Fsp3) is 0.412. The van der Waals surface area contributed by atoms with Gasteiger partial charge in [-0.05, 0) is 25.1 Å². The summed E-state index contributed by atoms with van der Waals surface area (Å²) >= 11 is 0. The first-order valence-electron chi connectivity index (χ1n) is 8.05. The Labute approximate surface area is 135 Å². The van der Waals surface area contributed by atoms with Crippen molar-refractivity contribution >= 4 is 11.6 Å². The predicted molar refractivity (Wildman–Crippen MR) is 87.2 cm³/mol. The molecule has 1 aromatic carbocycles. The van der Waals surface area contributed by atoms with Crippen molar-refractivity contribution in [3.8, 4) is 11.5 Å². The third-order valence-electron chi connectivity index (χ3n) is 4.18. The van der Waals surface area contributed by atoms with Crippen LogP contribution in [-0.4, -0.2) is 34.8 Å². The minimum absolute atomic E-state index is 0.280. The minimum Gasteiger partial charge on any atom is -0.454 e. The van der Waals surface area contributed by atoms with Gasteiger partial charge in [0.25, 0.3) is 0 Å². The smallest absolute Gasteiger partial charge is 0.231 e. The van der Waals surface area contributed by atoms with E-state index >= 15 is 0 Å². The zero-order valence-corrected chi connectivity index (χ0v) is 13.2. The first kappa shape index (κ1) is 14.3. The molecule has 0 atom stereocenters. The number of hydrogen-bond acceptors (Lipinski definition) is 6. The molecule has 0 bridgehead atoms. The molecule has 2 aromatic rings. The van der Waals surface area contributed by atoms with Crippen LogP contribution in [0.4, 0.5) is 11.6 Å². The second-order valence-electron chi connectivity index (χ2n) is 5.88. The van der Waals surface area contributed by atoms with Crippen LogP contribution in [0, 0.1) is 0 Å². The minimum atomic E-state index is 0.280. The monoisotopic (exact) mass is 312 g/mol. The second-order valence-corrected chi connectivity index (χ2v) is 5.88. The molecule has 0 radical (unpaired) electrons. The lowest BCUT2D eigenvalue weighted by Crippen LogP contribution is -2.31. The van der Waals surface area contributed by atoms with Crippen molar-refractivity contribution in [2.75, 3.05) is 25.2 Å². The van der Waals surface area contributed by atoms with Gasteiger partial charge in [-0.2, -0.15) is 0 Å². The summed E-state index contributed by atoms with van der Waals surface area (Å²) in [5, 5.41) is 3.25. The average Bonchev–Trinajstić information content (AvgIpc) is 3.03. The summed E-state index contributed by atoms with van der Waals surface area (Å²) in [6, 6.07) is 5.75. The van der Waals surface area contributed by atoms with Gasteiger partial charge in [0.15, 0.2) is 11.5 Å². The van der Waals surface area contributed by atoms with Gasteiger partial charge in [0, 0.05) is 43.0 Å². The van der Waals surface area contributed by atoms with Crippen LogP contribution in [0.1, 0.15) is 24.6 Å². The number of benzene rings is 1. The highest BCUT2D eigenvalue weighted by atomic mass is 16.7. The first-order valence-corrected chi connectivity index (χ1v) is 8.05. The van der Waals surface area contributed by atoms with Crippen LogP contribution in [0.2, 0.25) is 0 Å². The molecule has 1 N–H and O–H groups in total. The Bertz CT molecular complexity index is 720. The third kappa shape index (κ3) is 2.94. The van der Waals surface area contributed by atoms with E-state index in [2.05, 4.69) is 27.1 Å². The Kier molecular flexibility index (Phi) is 3.75. The fourth-order valence-corrected chi connectivity index (χ4v) is 3.05. The standard InChI is InChI=1S/C17H20N4O2/c1-2-6-21-7-5-14-12(10-21)9-18-17(20-14)19-13-3-4-15-16(8-13)23-11-22-15/h3-4,8-9H,2,5-7,10-11H2,1H3,(H,18,19,20). The normalized spacial score (nSPS) is 16.2. The van der Waals surface area contributed by atoms with Gasteiger partial charge in [0.2, 0.25) is 12.7 Å². The number of anilines is 2. The van der Waals surface area contributed by atoms with Gasteiger partial charge in [0.1, 0.15) is 0 Å². The molecule has 1 aromatic heterocycles. The molecule has 0 saturated carbocycles. The van der Waals surface area contributed by atoms with E-state index in [1.807, 2.05) is 24.4 Å². The lowest BCUT2D eigenvalue weighted by molar-refractivity contribution is 0.174. The Hall–Kier alpha value is -2.34. The number of rotatable bonds is 4. The van der Waals surface area contributed by atoms with Crippen LogP contribution in [0.5, 0.6) is 11.5 Å². The zero-order chi connectivity index (χ0) is 15.6. The molecule has 0 aliphatic carbocycles. The van der Waals surface area contributed by atoms with Gasteiger partial charge in [-0.3, -0.25) is 4.90 Å². The van der Waals surface area contributed by atoms with E-state index in [0.29, 0.717) is 5.95 Å². The molecule has 6 nitrogen and oxygen atoms in total. The first-order chi connectivity index (χ1) is 11.3. The highest BCUT2D eigenvalue weighted by molar-refractivity contribution is 5.60. The number of nitrogens with zero attached hydrogens (tertiary/aromatic N) is 3. The lowest BCUT2D eigenvalue weighted by Gasteiger charge is -2.27. The van der Waals surface area contributed by atoms with Gasteiger partial charge >= 0.3 is 0 Å². The number of aromatic nitrogens is 2. The van der Waals surface area contributed by atoms with Crippen molar-refractivity contribution < 1.29 is 9.47 Å². The molecular formula is C17H20N4O2. The summed E-state index contributed by atoms with van der Waals surface area (Å²) in [5.74, 6) is 2.16. The van der Waals surface area contributed by atoms with Crippen molar-refractivity contribution in [1.29, 1.82) is 0 Å². The molecule has 2 aliphatic rings. The van der Waals surface area contributed by atoms with E-state index < -0.39 is 0 Å². The largest absolute Gasteiger partial charge is 0.454 e. The van der Waals surface area contributed by atoms with Crippen molar-refractivity contribution in [2.24, 2.45) is 0 Å². The molecule has 0 spiro atoms. The Morgan fingerprint density at radius 2 is 2.17 bits per heavy atom. The van der Waals surface area contributed by atoms with Crippen molar-refractivity contribution in [3.05, 3.63) is 35.7 Å². The number of fused-ring (bicyclic) bond motifs is 2. The van der Waals surface area contributed by atoms with Gasteiger partial charge < -0.3 is 14.8 Å². The summed E-state index contributed by atoms with van der Waals surface area (Å²) in [5.41, 5.74) is 3.29. The number of nitrogens with one attached hydrogen (secondary N) is 1. The summed E-state index contributed by atoms with van der Waals surface area (Å²) in [4.78, 5) is 11.6. The van der Waals surface area contributed by atoms with E-state index in [0.717, 1.165) is 48.9 Å². The topological polar surface area (TPSA) is 59.5 Å². The fourth-order valence-electron chi connectivity index (χ4n) is 3.05. The molecule has 2 aliphatic heterocycles. The molecule has 120 valence electrons. The highest BCUT2D eigenvalue weighted by Crippen LogP contribution is 2.34. The molecule has 23 heavy (non-hydrogen) atoms. The maximum Gasteiger partial charge on any atom is 0.231 e. The number of ether oxygens (including phenoxy) is 2. The molecule has 4 rings (SSSR count). The van der Waals surface area contributed by atoms with E-state index in [1.54, 1.807) is 0 Å². The molecule has 0 fully saturated rings. The SMILES string of the molecule is CCCN1CCc2nc(Nc3ccc4c(c3)OCO4)ncc2C1. The molecular weight excluding hydrogens is 292 g/mol. The predicted octanol–water partition coefficient (Wildman–Crippen LogP) is 2.72. The van der Waals surface area contributed by atoms with E-state index in [-0.39, 0.29) is 6.79 Å². The van der Waals surface area contributed by atoms with Gasteiger partial charge in [-0.25, -0.2) is 9.97 Å². The second kappa shape index (κ2) is 6.04. The maximum absolute atomic E-state index is 5.39. The summed E-state index contributed by atoms with van der Waals surface area (Å²) < 4.78 is 10.7. The summed E-state index contributed by atoms with van der Waals surface area (Å²) in [6.45, 7) is 5.65. The van der Waals surface area contributed by atoms with Gasteiger partial charge in [-0.15, -0.1) is 0 Å². The van der Waals surface area contributed by atoms with Crippen LogP contribution in [0.25, 0.3) is 0 Å². The van der Waals surface area contributed by atoms with Crippen LogP contribution in [0.3, 0.4) is 0 Å². The summed E-state index contributed by atoms with van der Waals surface area (Å²) in [6.07, 6.45) is 4.10. The van der Waals surface area contributed by atoms with Crippen molar-refractivity contribution in [1.82, 2.24) is 14.9 Å². The van der Waals surface area contributed by atoms with E-state index in [4.69, 9.17) is 9.47 Å². The zero-order valence-electron chi connectivity index (χ0n) is 13.2. The quantitative estimate of drug-likeness (QED) is 0.937. The van der Waals surface area contributed by atoms with Crippen molar-refractivity contribution in [2.45, 2.75) is 26.3 Å². The summed E-state index contributed by atoms with van der Waals surface area (Å²) in [7, 11) is 0. The Morgan fingerprint density at radius 3 is 3.09 bits per heavy atom. The Morgan fingerprint density at radius 1 is 1.26 bits per heavy atom. The van der Waals surface area contributed by atoms with Gasteiger partial charge in [0.05, 0.1) is 5.69 Å². The third-order valence-corrected chi connectivity index (χ3v) is 4.18. The van der Waals surface area contributed by atoms with E-state index in [1.165, 1.54) is 12.0 Å². The molecule has 6 heteroatoms. The molecule has 0 amide bonds.